The molecule has 1 atom stereocenters. The van der Waals surface area contributed by atoms with Crippen LogP contribution < -0.4 is 0 Å². The van der Waals surface area contributed by atoms with E-state index in [1.54, 1.807) is 7.11 Å². The molecule has 1 saturated heterocycles. The van der Waals surface area contributed by atoms with Crippen LogP contribution in [0, 0.1) is 0 Å². The molecule has 4 heteroatoms. The summed E-state index contributed by atoms with van der Waals surface area (Å²) < 4.78 is 5.06. The molecule has 1 aliphatic heterocycles. The Hall–Kier alpha value is -0.610. The number of aliphatic carboxylic acids is 1. The number of methoxy groups -OCH3 is 1. The van der Waals surface area contributed by atoms with E-state index in [0.717, 1.165) is 13.1 Å². The summed E-state index contributed by atoms with van der Waals surface area (Å²) in [6.07, 6.45) is 0.893. The van der Waals surface area contributed by atoms with Gasteiger partial charge in [0.1, 0.15) is 6.04 Å². The fourth-order valence-corrected chi connectivity index (χ4v) is 1.46. The largest absolute Gasteiger partial charge is 0.480 e. The minimum Gasteiger partial charge on any atom is -0.480 e. The monoisotopic (exact) mass is 173 g/mol. The standard InChI is InChI=1S/C8H15NO3/c1-3-7(8(10)11)9-4-6(5-9)12-2/h6-7H,3-5H2,1-2H3,(H,10,11). The second-order valence-corrected chi connectivity index (χ2v) is 3.07. The van der Waals surface area contributed by atoms with E-state index < -0.39 is 5.97 Å². The molecule has 1 rings (SSSR count). The van der Waals surface area contributed by atoms with Crippen molar-refractivity contribution in [1.29, 1.82) is 0 Å². The van der Waals surface area contributed by atoms with Gasteiger partial charge in [-0.25, -0.2) is 0 Å². The van der Waals surface area contributed by atoms with Crippen molar-refractivity contribution < 1.29 is 14.6 Å². The van der Waals surface area contributed by atoms with Gasteiger partial charge in [-0.2, -0.15) is 0 Å². The number of carboxylic acid groups (broad SMARTS) is 1. The predicted molar refractivity (Wildman–Crippen MR) is 44.1 cm³/mol. The lowest BCUT2D eigenvalue weighted by Crippen LogP contribution is -2.58. The molecule has 1 heterocycles. The highest BCUT2D eigenvalue weighted by Crippen LogP contribution is 2.16. The minimum atomic E-state index is -0.730. The van der Waals surface area contributed by atoms with Crippen LogP contribution in [0.1, 0.15) is 13.3 Å². The quantitative estimate of drug-likeness (QED) is 0.659. The second kappa shape index (κ2) is 3.87. The Balaban J connectivity index is 2.34. The Morgan fingerprint density at radius 3 is 2.67 bits per heavy atom. The third kappa shape index (κ3) is 1.76. The van der Waals surface area contributed by atoms with Crippen LogP contribution in [-0.2, 0) is 9.53 Å². The van der Waals surface area contributed by atoms with Crippen molar-refractivity contribution in [2.24, 2.45) is 0 Å². The van der Waals surface area contributed by atoms with E-state index in [4.69, 9.17) is 9.84 Å². The summed E-state index contributed by atoms with van der Waals surface area (Å²) in [5.74, 6) is -0.730. The zero-order chi connectivity index (χ0) is 9.14. The number of carbonyl (C=O) groups is 1. The van der Waals surface area contributed by atoms with E-state index in [2.05, 4.69) is 0 Å². The molecule has 12 heavy (non-hydrogen) atoms. The van der Waals surface area contributed by atoms with E-state index in [-0.39, 0.29) is 12.1 Å². The van der Waals surface area contributed by atoms with Crippen molar-refractivity contribution in [2.75, 3.05) is 20.2 Å². The summed E-state index contributed by atoms with van der Waals surface area (Å²) in [5, 5.41) is 8.79. The van der Waals surface area contributed by atoms with E-state index in [1.807, 2.05) is 11.8 Å². The number of hydrogen-bond acceptors (Lipinski definition) is 3. The highest BCUT2D eigenvalue weighted by Gasteiger charge is 2.34. The summed E-state index contributed by atoms with van der Waals surface area (Å²) in [6.45, 7) is 3.39. The molecular weight excluding hydrogens is 158 g/mol. The first-order valence-corrected chi connectivity index (χ1v) is 4.18. The van der Waals surface area contributed by atoms with E-state index in [9.17, 15) is 4.79 Å². The summed E-state index contributed by atoms with van der Waals surface area (Å²) in [6, 6.07) is -0.323. The van der Waals surface area contributed by atoms with Crippen molar-refractivity contribution in [1.82, 2.24) is 4.90 Å². The average molecular weight is 173 g/mol. The molecule has 0 bridgehead atoms. The molecule has 0 amide bonds. The Labute approximate surface area is 72.1 Å². The first-order chi connectivity index (χ1) is 5.69. The lowest BCUT2D eigenvalue weighted by molar-refractivity contribution is -0.149. The van der Waals surface area contributed by atoms with Gasteiger partial charge in [-0.3, -0.25) is 9.69 Å². The third-order valence-electron chi connectivity index (χ3n) is 2.32. The molecule has 1 N–H and O–H groups in total. The van der Waals surface area contributed by atoms with Gasteiger partial charge in [0.25, 0.3) is 0 Å². The highest BCUT2D eigenvalue weighted by atomic mass is 16.5. The highest BCUT2D eigenvalue weighted by molar-refractivity contribution is 5.73. The van der Waals surface area contributed by atoms with Crippen LogP contribution in [0.3, 0.4) is 0 Å². The maximum atomic E-state index is 10.7. The van der Waals surface area contributed by atoms with Crippen LogP contribution in [0.4, 0.5) is 0 Å². The number of carboxylic acids is 1. The van der Waals surface area contributed by atoms with Gasteiger partial charge in [-0.1, -0.05) is 6.92 Å². The van der Waals surface area contributed by atoms with Gasteiger partial charge in [0.15, 0.2) is 0 Å². The van der Waals surface area contributed by atoms with Crippen molar-refractivity contribution in [3.8, 4) is 0 Å². The third-order valence-corrected chi connectivity index (χ3v) is 2.32. The van der Waals surface area contributed by atoms with Crippen LogP contribution in [0.5, 0.6) is 0 Å². The molecule has 0 aromatic heterocycles. The number of ether oxygens (including phenoxy) is 1. The van der Waals surface area contributed by atoms with E-state index >= 15 is 0 Å². The van der Waals surface area contributed by atoms with Crippen molar-refractivity contribution in [3.05, 3.63) is 0 Å². The second-order valence-electron chi connectivity index (χ2n) is 3.07. The Morgan fingerprint density at radius 1 is 1.75 bits per heavy atom. The van der Waals surface area contributed by atoms with Gasteiger partial charge in [-0.15, -0.1) is 0 Å². The zero-order valence-corrected chi connectivity index (χ0v) is 7.49. The van der Waals surface area contributed by atoms with Crippen LogP contribution in [0.15, 0.2) is 0 Å². The molecule has 4 nitrogen and oxygen atoms in total. The maximum absolute atomic E-state index is 10.7. The lowest BCUT2D eigenvalue weighted by Gasteiger charge is -2.41. The van der Waals surface area contributed by atoms with Gasteiger partial charge < -0.3 is 9.84 Å². The SMILES string of the molecule is CCC(C(=O)O)N1CC(OC)C1. The molecule has 0 radical (unpaired) electrons. The smallest absolute Gasteiger partial charge is 0.320 e. The molecule has 70 valence electrons. The first kappa shape index (κ1) is 9.48. The number of hydrogen-bond donors (Lipinski definition) is 1. The van der Waals surface area contributed by atoms with E-state index in [0.29, 0.717) is 6.42 Å². The summed E-state index contributed by atoms with van der Waals surface area (Å²) in [7, 11) is 1.66. The minimum absolute atomic E-state index is 0.235. The van der Waals surface area contributed by atoms with Crippen molar-refractivity contribution >= 4 is 5.97 Å². The van der Waals surface area contributed by atoms with Gasteiger partial charge in [0, 0.05) is 20.2 Å². The van der Waals surface area contributed by atoms with E-state index in [1.165, 1.54) is 0 Å². The van der Waals surface area contributed by atoms with Crippen LogP contribution in [0.2, 0.25) is 0 Å². The summed E-state index contributed by atoms with van der Waals surface area (Å²) in [5.41, 5.74) is 0. The molecule has 0 aliphatic carbocycles. The van der Waals surface area contributed by atoms with Gasteiger partial charge in [0.05, 0.1) is 6.10 Å². The fourth-order valence-electron chi connectivity index (χ4n) is 1.46. The predicted octanol–water partition coefficient (Wildman–Crippen LogP) is 0.180. The fraction of sp³-hybridized carbons (Fsp3) is 0.875. The van der Waals surface area contributed by atoms with Crippen LogP contribution >= 0.6 is 0 Å². The molecular formula is C8H15NO3. The lowest BCUT2D eigenvalue weighted by atomic mass is 10.1. The van der Waals surface area contributed by atoms with Crippen LogP contribution in [0.25, 0.3) is 0 Å². The number of likely N-dealkylation sites (tertiary alicyclic amines) is 1. The Morgan fingerprint density at radius 2 is 2.33 bits per heavy atom. The van der Waals surface area contributed by atoms with Gasteiger partial charge >= 0.3 is 5.97 Å². The topological polar surface area (TPSA) is 49.8 Å². The molecule has 0 aromatic carbocycles. The normalized spacial score (nSPS) is 21.8. The molecule has 0 aromatic rings. The molecule has 1 aliphatic rings. The first-order valence-electron chi connectivity index (χ1n) is 4.18. The average Bonchev–Trinajstić information content (AvgIpc) is 1.94. The van der Waals surface area contributed by atoms with Gasteiger partial charge in [-0.05, 0) is 6.42 Å². The van der Waals surface area contributed by atoms with Crippen molar-refractivity contribution in [2.45, 2.75) is 25.5 Å². The van der Waals surface area contributed by atoms with Crippen LogP contribution in [-0.4, -0.2) is 48.3 Å². The molecule has 0 spiro atoms. The molecule has 1 unspecified atom stereocenters. The van der Waals surface area contributed by atoms with Gasteiger partial charge in [0.2, 0.25) is 0 Å². The van der Waals surface area contributed by atoms with Crippen molar-refractivity contribution in [3.63, 3.8) is 0 Å². The Bertz CT molecular complexity index is 166. The summed E-state index contributed by atoms with van der Waals surface area (Å²) >= 11 is 0. The summed E-state index contributed by atoms with van der Waals surface area (Å²) in [4.78, 5) is 12.6. The zero-order valence-electron chi connectivity index (χ0n) is 7.49. The maximum Gasteiger partial charge on any atom is 0.320 e. The molecule has 0 saturated carbocycles. The molecule has 1 fully saturated rings. The Kier molecular flexibility index (Phi) is 3.05. The number of rotatable bonds is 4. The number of nitrogens with zero attached hydrogens (tertiary/aromatic N) is 1.